The Morgan fingerprint density at radius 3 is 3.19 bits per heavy atom. The molecule has 3 nitrogen and oxygen atoms in total. The molecule has 1 fully saturated rings. The Balaban J connectivity index is 1.77. The summed E-state index contributed by atoms with van der Waals surface area (Å²) in [6.45, 7) is 6.88. The maximum Gasteiger partial charge on any atom is 0.0416 e. The van der Waals surface area contributed by atoms with Crippen LogP contribution in [-0.2, 0) is 6.42 Å². The summed E-state index contributed by atoms with van der Waals surface area (Å²) in [6, 6.07) is 6.81. The van der Waals surface area contributed by atoms with Gasteiger partial charge in [0.1, 0.15) is 0 Å². The zero-order chi connectivity index (χ0) is 11.2. The molecule has 0 aromatic carbocycles. The van der Waals surface area contributed by atoms with E-state index in [0.717, 1.165) is 26.1 Å². The smallest absolute Gasteiger partial charge is 0.0416 e. The van der Waals surface area contributed by atoms with E-state index >= 15 is 0 Å². The number of pyridine rings is 1. The number of nitrogens with zero attached hydrogens (tertiary/aromatic N) is 2. The molecule has 1 saturated heterocycles. The number of hydrogen-bond acceptors (Lipinski definition) is 3. The molecule has 2 rings (SSSR count). The molecule has 0 radical (unpaired) electrons. The van der Waals surface area contributed by atoms with Crippen LogP contribution in [0.5, 0.6) is 0 Å². The van der Waals surface area contributed by atoms with Gasteiger partial charge in [-0.1, -0.05) is 6.07 Å². The van der Waals surface area contributed by atoms with Crippen molar-refractivity contribution < 1.29 is 0 Å². The van der Waals surface area contributed by atoms with Gasteiger partial charge in [-0.2, -0.15) is 0 Å². The number of aromatic nitrogens is 1. The Morgan fingerprint density at radius 1 is 1.44 bits per heavy atom. The molecule has 1 aliphatic rings. The van der Waals surface area contributed by atoms with Crippen LogP contribution in [0.25, 0.3) is 0 Å². The van der Waals surface area contributed by atoms with Gasteiger partial charge in [0, 0.05) is 44.0 Å². The van der Waals surface area contributed by atoms with Crippen LogP contribution in [0.2, 0.25) is 0 Å². The lowest BCUT2D eigenvalue weighted by molar-refractivity contribution is 0.293. The fourth-order valence-electron chi connectivity index (χ4n) is 2.10. The Labute approximate surface area is 97.9 Å². The molecule has 0 bridgehead atoms. The number of nitrogens with one attached hydrogen (secondary N) is 1. The maximum absolute atomic E-state index is 4.36. The van der Waals surface area contributed by atoms with Gasteiger partial charge in [-0.3, -0.25) is 4.98 Å². The van der Waals surface area contributed by atoms with Gasteiger partial charge in [-0.05, 0) is 32.0 Å². The first-order valence-electron chi connectivity index (χ1n) is 6.20. The first kappa shape index (κ1) is 11.6. The summed E-state index contributed by atoms with van der Waals surface area (Å²) in [5.74, 6) is 0. The topological polar surface area (TPSA) is 28.2 Å². The van der Waals surface area contributed by atoms with E-state index in [2.05, 4.69) is 34.3 Å². The van der Waals surface area contributed by atoms with Crippen molar-refractivity contribution in [3.05, 3.63) is 30.1 Å². The van der Waals surface area contributed by atoms with E-state index in [4.69, 9.17) is 0 Å². The summed E-state index contributed by atoms with van der Waals surface area (Å²) < 4.78 is 0. The van der Waals surface area contributed by atoms with E-state index in [-0.39, 0.29) is 0 Å². The average Bonchev–Trinajstić information content (AvgIpc) is 2.53. The normalized spacial score (nSPS) is 22.9. The molecule has 0 amide bonds. The minimum absolute atomic E-state index is 0.667. The quantitative estimate of drug-likeness (QED) is 0.831. The highest BCUT2D eigenvalue weighted by molar-refractivity contribution is 5.03. The lowest BCUT2D eigenvalue weighted by Gasteiger charge is -2.18. The third-order valence-corrected chi connectivity index (χ3v) is 3.21. The van der Waals surface area contributed by atoms with Gasteiger partial charge in [0.2, 0.25) is 0 Å². The van der Waals surface area contributed by atoms with Crippen molar-refractivity contribution in [2.75, 3.05) is 26.2 Å². The van der Waals surface area contributed by atoms with Crippen molar-refractivity contribution in [1.82, 2.24) is 15.2 Å². The Bertz CT molecular complexity index is 299. The molecule has 1 aromatic rings. The molecular weight excluding hydrogens is 198 g/mol. The van der Waals surface area contributed by atoms with Gasteiger partial charge in [0.25, 0.3) is 0 Å². The zero-order valence-corrected chi connectivity index (χ0v) is 10.0. The fraction of sp³-hybridized carbons (Fsp3) is 0.615. The van der Waals surface area contributed by atoms with Gasteiger partial charge >= 0.3 is 0 Å². The predicted octanol–water partition coefficient (Wildman–Crippen LogP) is 1.31. The van der Waals surface area contributed by atoms with Crippen molar-refractivity contribution in [2.45, 2.75) is 25.8 Å². The lowest BCUT2D eigenvalue weighted by atomic mass is 10.2. The molecule has 3 heteroatoms. The highest BCUT2D eigenvalue weighted by Gasteiger charge is 2.12. The first-order chi connectivity index (χ1) is 7.84. The van der Waals surface area contributed by atoms with Gasteiger partial charge in [0.05, 0.1) is 0 Å². The largest absolute Gasteiger partial charge is 0.313 e. The van der Waals surface area contributed by atoms with Crippen LogP contribution < -0.4 is 5.32 Å². The molecule has 16 heavy (non-hydrogen) atoms. The summed E-state index contributed by atoms with van der Waals surface area (Å²) in [7, 11) is 0. The molecular formula is C13H21N3. The van der Waals surface area contributed by atoms with Crippen LogP contribution >= 0.6 is 0 Å². The second-order valence-electron chi connectivity index (χ2n) is 4.56. The van der Waals surface area contributed by atoms with Gasteiger partial charge in [0.15, 0.2) is 0 Å². The first-order valence-corrected chi connectivity index (χ1v) is 6.20. The van der Waals surface area contributed by atoms with Crippen molar-refractivity contribution in [3.8, 4) is 0 Å². The fourth-order valence-corrected chi connectivity index (χ4v) is 2.10. The molecule has 1 N–H and O–H groups in total. The van der Waals surface area contributed by atoms with Crippen LogP contribution in [0, 0.1) is 0 Å². The standard InChI is InChI=1S/C13H21N3/c1-12-5-9-16(11-8-14-12)10-6-13-4-2-3-7-15-13/h2-4,7,12,14H,5-6,8-11H2,1H3. The van der Waals surface area contributed by atoms with E-state index in [1.165, 1.54) is 18.7 Å². The summed E-state index contributed by atoms with van der Waals surface area (Å²) in [5.41, 5.74) is 1.20. The van der Waals surface area contributed by atoms with Crippen LogP contribution in [0.15, 0.2) is 24.4 Å². The molecule has 1 atom stereocenters. The van der Waals surface area contributed by atoms with Crippen molar-refractivity contribution in [3.63, 3.8) is 0 Å². The highest BCUT2D eigenvalue weighted by Crippen LogP contribution is 2.03. The second kappa shape index (κ2) is 5.97. The van der Waals surface area contributed by atoms with E-state index in [1.54, 1.807) is 0 Å². The van der Waals surface area contributed by atoms with E-state index in [1.807, 2.05) is 12.3 Å². The van der Waals surface area contributed by atoms with Gasteiger partial charge in [-0.15, -0.1) is 0 Å². The monoisotopic (exact) mass is 219 g/mol. The molecule has 0 spiro atoms. The van der Waals surface area contributed by atoms with Crippen LogP contribution in [0.1, 0.15) is 19.0 Å². The molecule has 1 aromatic heterocycles. The predicted molar refractivity (Wildman–Crippen MR) is 66.5 cm³/mol. The van der Waals surface area contributed by atoms with Crippen LogP contribution in [-0.4, -0.2) is 42.1 Å². The molecule has 2 heterocycles. The third-order valence-electron chi connectivity index (χ3n) is 3.21. The summed E-state index contributed by atoms with van der Waals surface area (Å²) in [6.07, 6.45) is 4.19. The molecule has 1 unspecified atom stereocenters. The zero-order valence-electron chi connectivity index (χ0n) is 10.0. The third kappa shape index (κ3) is 3.58. The molecule has 1 aliphatic heterocycles. The summed E-state index contributed by atoms with van der Waals surface area (Å²) in [5, 5.41) is 3.52. The second-order valence-corrected chi connectivity index (χ2v) is 4.56. The Kier molecular flexibility index (Phi) is 4.31. The highest BCUT2D eigenvalue weighted by atomic mass is 15.2. The lowest BCUT2D eigenvalue weighted by Crippen LogP contribution is -2.30. The van der Waals surface area contributed by atoms with Crippen LogP contribution in [0.3, 0.4) is 0 Å². The summed E-state index contributed by atoms with van der Waals surface area (Å²) >= 11 is 0. The minimum Gasteiger partial charge on any atom is -0.313 e. The average molecular weight is 219 g/mol. The van der Waals surface area contributed by atoms with E-state index < -0.39 is 0 Å². The Hall–Kier alpha value is -0.930. The number of rotatable bonds is 3. The summed E-state index contributed by atoms with van der Waals surface area (Å²) in [4.78, 5) is 6.89. The SMILES string of the molecule is CC1CCN(CCc2ccccn2)CCN1. The number of hydrogen-bond donors (Lipinski definition) is 1. The molecule has 88 valence electrons. The molecule has 0 aliphatic carbocycles. The minimum atomic E-state index is 0.667. The van der Waals surface area contributed by atoms with E-state index in [0.29, 0.717) is 6.04 Å². The Morgan fingerprint density at radius 2 is 2.38 bits per heavy atom. The van der Waals surface area contributed by atoms with Gasteiger partial charge in [-0.25, -0.2) is 0 Å². The van der Waals surface area contributed by atoms with E-state index in [9.17, 15) is 0 Å². The van der Waals surface area contributed by atoms with Crippen molar-refractivity contribution >= 4 is 0 Å². The van der Waals surface area contributed by atoms with Crippen LogP contribution in [0.4, 0.5) is 0 Å². The van der Waals surface area contributed by atoms with Crippen molar-refractivity contribution in [1.29, 1.82) is 0 Å². The van der Waals surface area contributed by atoms with Crippen molar-refractivity contribution in [2.24, 2.45) is 0 Å². The van der Waals surface area contributed by atoms with Gasteiger partial charge < -0.3 is 10.2 Å². The molecule has 0 saturated carbocycles. The maximum atomic E-state index is 4.36.